The highest BCUT2D eigenvalue weighted by atomic mass is 35.5. The SMILES string of the molecule is CCCN(C(=O)Nc1ccccc1Cl)C1CNC1. The maximum Gasteiger partial charge on any atom is 0.322 e. The topological polar surface area (TPSA) is 44.4 Å². The zero-order valence-electron chi connectivity index (χ0n) is 10.4. The van der Waals surface area contributed by atoms with Gasteiger partial charge in [-0.25, -0.2) is 4.79 Å². The Kier molecular flexibility index (Phi) is 4.44. The molecule has 1 heterocycles. The highest BCUT2D eigenvalue weighted by molar-refractivity contribution is 6.33. The molecule has 98 valence electrons. The first-order valence-electron chi connectivity index (χ1n) is 6.25. The number of carbonyl (C=O) groups is 1. The van der Waals surface area contributed by atoms with E-state index in [1.807, 2.05) is 23.1 Å². The number of carbonyl (C=O) groups excluding carboxylic acids is 1. The molecule has 2 N–H and O–H groups in total. The molecule has 0 saturated carbocycles. The number of hydrogen-bond donors (Lipinski definition) is 2. The van der Waals surface area contributed by atoms with Crippen molar-refractivity contribution in [1.29, 1.82) is 0 Å². The van der Waals surface area contributed by atoms with Crippen molar-refractivity contribution in [3.63, 3.8) is 0 Å². The van der Waals surface area contributed by atoms with Gasteiger partial charge in [-0.1, -0.05) is 30.7 Å². The fourth-order valence-electron chi connectivity index (χ4n) is 1.93. The van der Waals surface area contributed by atoms with Gasteiger partial charge in [0.25, 0.3) is 0 Å². The van der Waals surface area contributed by atoms with Crippen molar-refractivity contribution >= 4 is 23.3 Å². The van der Waals surface area contributed by atoms with Gasteiger partial charge in [0.05, 0.1) is 16.8 Å². The predicted molar refractivity (Wildman–Crippen MR) is 74.1 cm³/mol. The summed E-state index contributed by atoms with van der Waals surface area (Å²) in [6, 6.07) is 7.51. The fraction of sp³-hybridized carbons (Fsp3) is 0.462. The van der Waals surface area contributed by atoms with Crippen molar-refractivity contribution < 1.29 is 4.79 Å². The van der Waals surface area contributed by atoms with E-state index in [-0.39, 0.29) is 6.03 Å². The minimum Gasteiger partial charge on any atom is -0.319 e. The Morgan fingerprint density at radius 1 is 1.50 bits per heavy atom. The lowest BCUT2D eigenvalue weighted by Crippen LogP contribution is -2.59. The van der Waals surface area contributed by atoms with Crippen LogP contribution >= 0.6 is 11.6 Å². The quantitative estimate of drug-likeness (QED) is 0.881. The Hall–Kier alpha value is -1.26. The average Bonchev–Trinajstić information content (AvgIpc) is 2.29. The molecule has 1 saturated heterocycles. The van der Waals surface area contributed by atoms with E-state index in [2.05, 4.69) is 17.6 Å². The Balaban J connectivity index is 2.02. The number of hydrogen-bond acceptors (Lipinski definition) is 2. The van der Waals surface area contributed by atoms with E-state index in [4.69, 9.17) is 11.6 Å². The van der Waals surface area contributed by atoms with Gasteiger partial charge in [0.1, 0.15) is 0 Å². The van der Waals surface area contributed by atoms with Crippen molar-refractivity contribution in [2.45, 2.75) is 19.4 Å². The third-order valence-corrected chi connectivity index (χ3v) is 3.37. The Labute approximate surface area is 112 Å². The highest BCUT2D eigenvalue weighted by Gasteiger charge is 2.27. The zero-order chi connectivity index (χ0) is 13.0. The van der Waals surface area contributed by atoms with Gasteiger partial charge in [0, 0.05) is 19.6 Å². The van der Waals surface area contributed by atoms with E-state index in [9.17, 15) is 4.79 Å². The van der Waals surface area contributed by atoms with E-state index in [1.54, 1.807) is 6.07 Å². The van der Waals surface area contributed by atoms with Crippen LogP contribution in [0.25, 0.3) is 0 Å². The summed E-state index contributed by atoms with van der Waals surface area (Å²) in [7, 11) is 0. The Bertz CT molecular complexity index is 420. The normalized spacial score (nSPS) is 15.0. The molecule has 2 amide bonds. The molecule has 1 aliphatic rings. The predicted octanol–water partition coefficient (Wildman–Crippen LogP) is 2.56. The smallest absolute Gasteiger partial charge is 0.319 e. The molecule has 0 aliphatic carbocycles. The lowest BCUT2D eigenvalue weighted by atomic mass is 10.1. The number of halogens is 1. The lowest BCUT2D eigenvalue weighted by molar-refractivity contribution is 0.161. The molecular weight excluding hydrogens is 250 g/mol. The van der Waals surface area contributed by atoms with E-state index in [0.29, 0.717) is 16.8 Å². The Morgan fingerprint density at radius 2 is 2.22 bits per heavy atom. The van der Waals surface area contributed by atoms with E-state index in [0.717, 1.165) is 26.1 Å². The van der Waals surface area contributed by atoms with Crippen molar-refractivity contribution in [2.75, 3.05) is 25.0 Å². The minimum absolute atomic E-state index is 0.0727. The largest absolute Gasteiger partial charge is 0.322 e. The summed E-state index contributed by atoms with van der Waals surface area (Å²) in [5, 5.41) is 6.62. The number of nitrogens with zero attached hydrogens (tertiary/aromatic N) is 1. The molecule has 0 aromatic heterocycles. The second kappa shape index (κ2) is 6.07. The van der Waals surface area contributed by atoms with Gasteiger partial charge in [0.15, 0.2) is 0 Å². The van der Waals surface area contributed by atoms with Gasteiger partial charge in [-0.3, -0.25) is 0 Å². The summed E-state index contributed by atoms with van der Waals surface area (Å²) >= 11 is 6.03. The van der Waals surface area contributed by atoms with Gasteiger partial charge in [-0.2, -0.15) is 0 Å². The van der Waals surface area contributed by atoms with Gasteiger partial charge < -0.3 is 15.5 Å². The molecule has 1 fully saturated rings. The molecule has 5 heteroatoms. The van der Waals surface area contributed by atoms with E-state index in [1.165, 1.54) is 0 Å². The molecule has 0 atom stereocenters. The third kappa shape index (κ3) is 2.94. The monoisotopic (exact) mass is 267 g/mol. The van der Waals surface area contributed by atoms with Crippen LogP contribution in [0.15, 0.2) is 24.3 Å². The van der Waals surface area contributed by atoms with Crippen LogP contribution in [0, 0.1) is 0 Å². The summed E-state index contributed by atoms with van der Waals surface area (Å²) in [4.78, 5) is 14.1. The molecule has 2 rings (SSSR count). The van der Waals surface area contributed by atoms with Crippen LogP contribution in [0.2, 0.25) is 5.02 Å². The number of urea groups is 1. The summed E-state index contributed by atoms with van der Waals surface area (Å²) < 4.78 is 0. The first kappa shape index (κ1) is 13.2. The number of rotatable bonds is 4. The van der Waals surface area contributed by atoms with Crippen molar-refractivity contribution in [2.24, 2.45) is 0 Å². The Morgan fingerprint density at radius 3 is 2.78 bits per heavy atom. The summed E-state index contributed by atoms with van der Waals surface area (Å²) in [6.45, 7) is 4.58. The van der Waals surface area contributed by atoms with Crippen LogP contribution in [-0.4, -0.2) is 36.6 Å². The van der Waals surface area contributed by atoms with Crippen molar-refractivity contribution in [1.82, 2.24) is 10.2 Å². The molecular formula is C13H18ClN3O. The van der Waals surface area contributed by atoms with Crippen LogP contribution in [0.4, 0.5) is 10.5 Å². The first-order valence-corrected chi connectivity index (χ1v) is 6.63. The van der Waals surface area contributed by atoms with Crippen molar-refractivity contribution in [3.8, 4) is 0 Å². The molecule has 18 heavy (non-hydrogen) atoms. The van der Waals surface area contributed by atoms with E-state index < -0.39 is 0 Å². The number of nitrogens with one attached hydrogen (secondary N) is 2. The van der Waals surface area contributed by atoms with Crippen LogP contribution in [0.5, 0.6) is 0 Å². The van der Waals surface area contributed by atoms with Crippen molar-refractivity contribution in [3.05, 3.63) is 29.3 Å². The van der Waals surface area contributed by atoms with Crippen LogP contribution in [0.1, 0.15) is 13.3 Å². The van der Waals surface area contributed by atoms with Gasteiger partial charge in [-0.05, 0) is 18.6 Å². The van der Waals surface area contributed by atoms with Gasteiger partial charge in [-0.15, -0.1) is 0 Å². The summed E-state index contributed by atoms with van der Waals surface area (Å²) in [6.07, 6.45) is 0.951. The minimum atomic E-state index is -0.0727. The first-order chi connectivity index (χ1) is 8.72. The summed E-state index contributed by atoms with van der Waals surface area (Å²) in [5.41, 5.74) is 0.664. The maximum absolute atomic E-state index is 12.2. The third-order valence-electron chi connectivity index (χ3n) is 3.04. The van der Waals surface area contributed by atoms with Crippen LogP contribution in [0.3, 0.4) is 0 Å². The number of anilines is 1. The van der Waals surface area contributed by atoms with Gasteiger partial charge >= 0.3 is 6.03 Å². The molecule has 0 spiro atoms. The van der Waals surface area contributed by atoms with E-state index >= 15 is 0 Å². The number of amides is 2. The van der Waals surface area contributed by atoms with Crippen LogP contribution < -0.4 is 10.6 Å². The second-order valence-corrected chi connectivity index (χ2v) is 4.82. The summed E-state index contributed by atoms with van der Waals surface area (Å²) in [5.74, 6) is 0. The van der Waals surface area contributed by atoms with Crippen LogP contribution in [-0.2, 0) is 0 Å². The molecule has 1 aliphatic heterocycles. The number of para-hydroxylation sites is 1. The molecule has 1 aromatic rings. The maximum atomic E-state index is 12.2. The standard InChI is InChI=1S/C13H18ClN3O/c1-2-7-17(10-8-15-9-10)13(18)16-12-6-4-3-5-11(12)14/h3-6,10,15H,2,7-9H2,1H3,(H,16,18). The fourth-order valence-corrected chi connectivity index (χ4v) is 2.12. The number of benzene rings is 1. The molecule has 4 nitrogen and oxygen atoms in total. The molecule has 1 aromatic carbocycles. The molecule has 0 radical (unpaired) electrons. The molecule has 0 unspecified atom stereocenters. The van der Waals surface area contributed by atoms with Gasteiger partial charge in [0.2, 0.25) is 0 Å². The second-order valence-electron chi connectivity index (χ2n) is 4.42. The highest BCUT2D eigenvalue weighted by Crippen LogP contribution is 2.21. The molecule has 0 bridgehead atoms. The zero-order valence-corrected chi connectivity index (χ0v) is 11.2. The average molecular weight is 268 g/mol. The lowest BCUT2D eigenvalue weighted by Gasteiger charge is -2.38.